The van der Waals surface area contributed by atoms with Gasteiger partial charge in [-0.1, -0.05) is 30.3 Å². The van der Waals surface area contributed by atoms with E-state index in [1.807, 2.05) is 0 Å². The maximum Gasteiger partial charge on any atom is 0.0286 e. The van der Waals surface area contributed by atoms with Crippen molar-refractivity contribution < 1.29 is 0 Å². The summed E-state index contributed by atoms with van der Waals surface area (Å²) in [5.41, 5.74) is 1.49. The van der Waals surface area contributed by atoms with E-state index in [0.717, 1.165) is 6.04 Å². The number of benzene rings is 1. The molecule has 2 saturated heterocycles. The highest BCUT2D eigenvalue weighted by atomic mass is 15.6. The van der Waals surface area contributed by atoms with Crippen LogP contribution in [0.3, 0.4) is 0 Å². The molecule has 0 aromatic heterocycles. The molecule has 0 spiro atoms. The van der Waals surface area contributed by atoms with Gasteiger partial charge in [0.25, 0.3) is 0 Å². The summed E-state index contributed by atoms with van der Waals surface area (Å²) in [5, 5.41) is 5.25. The number of rotatable bonds is 3. The lowest BCUT2D eigenvalue weighted by molar-refractivity contribution is -0.0151. The van der Waals surface area contributed by atoms with E-state index in [-0.39, 0.29) is 0 Å². The van der Waals surface area contributed by atoms with E-state index in [1.54, 1.807) is 0 Å². The van der Waals surface area contributed by atoms with Crippen molar-refractivity contribution in [1.82, 2.24) is 10.0 Å². The normalized spacial score (nSPS) is 26.7. The first kappa shape index (κ1) is 11.2. The number of nitrogens with zero attached hydrogens (tertiary/aromatic N) is 2. The van der Waals surface area contributed by atoms with Crippen molar-refractivity contribution in [3.63, 3.8) is 0 Å². The van der Waals surface area contributed by atoms with Crippen molar-refractivity contribution in [2.24, 2.45) is 0 Å². The zero-order chi connectivity index (χ0) is 11.5. The predicted molar refractivity (Wildman–Crippen MR) is 70.7 cm³/mol. The van der Waals surface area contributed by atoms with Gasteiger partial charge < -0.3 is 0 Å². The second-order valence-electron chi connectivity index (χ2n) is 5.31. The largest absolute Gasteiger partial charge is 0.242 e. The topological polar surface area (TPSA) is 6.48 Å². The Morgan fingerprint density at radius 1 is 0.941 bits per heavy atom. The molecule has 17 heavy (non-hydrogen) atoms. The quantitative estimate of drug-likeness (QED) is 0.788. The van der Waals surface area contributed by atoms with Crippen LogP contribution in [-0.4, -0.2) is 35.7 Å². The molecule has 0 N–H and O–H groups in total. The minimum atomic E-state index is 0.746. The van der Waals surface area contributed by atoms with E-state index >= 15 is 0 Å². The fourth-order valence-electron chi connectivity index (χ4n) is 3.24. The molecule has 2 aliphatic rings. The summed E-state index contributed by atoms with van der Waals surface area (Å²) in [4.78, 5) is 0. The minimum absolute atomic E-state index is 0.746. The average Bonchev–Trinajstić information content (AvgIpc) is 3.00. The van der Waals surface area contributed by atoms with Crippen LogP contribution in [-0.2, 0) is 6.42 Å². The molecule has 0 bridgehead atoms. The maximum absolute atomic E-state index is 2.65. The standard InChI is InChI=1S/C15H22N2/c1-2-7-14(8-3-1)13-15-9-6-12-17(15)16-10-4-5-11-16/h1-3,7-8,15H,4-6,9-13H2. The number of hydrogen-bond acceptors (Lipinski definition) is 2. The first-order valence-corrected chi connectivity index (χ1v) is 6.99. The van der Waals surface area contributed by atoms with E-state index < -0.39 is 0 Å². The van der Waals surface area contributed by atoms with Crippen molar-refractivity contribution in [3.05, 3.63) is 35.9 Å². The Kier molecular flexibility index (Phi) is 3.44. The van der Waals surface area contributed by atoms with E-state index in [0.29, 0.717) is 0 Å². The van der Waals surface area contributed by atoms with Gasteiger partial charge in [-0.05, 0) is 37.7 Å². The van der Waals surface area contributed by atoms with Gasteiger partial charge in [-0.2, -0.15) is 0 Å². The summed E-state index contributed by atoms with van der Waals surface area (Å²) >= 11 is 0. The summed E-state index contributed by atoms with van der Waals surface area (Å²) in [5.74, 6) is 0. The smallest absolute Gasteiger partial charge is 0.0286 e. The highest BCUT2D eigenvalue weighted by Crippen LogP contribution is 2.25. The lowest BCUT2D eigenvalue weighted by Gasteiger charge is -2.33. The molecule has 92 valence electrons. The molecule has 3 rings (SSSR count). The molecule has 0 radical (unpaired) electrons. The van der Waals surface area contributed by atoms with Crippen LogP contribution >= 0.6 is 0 Å². The predicted octanol–water partition coefficient (Wildman–Crippen LogP) is 2.70. The third-order valence-electron chi connectivity index (χ3n) is 4.11. The summed E-state index contributed by atoms with van der Waals surface area (Å²) in [7, 11) is 0. The van der Waals surface area contributed by atoms with E-state index in [1.165, 1.54) is 57.3 Å². The van der Waals surface area contributed by atoms with Gasteiger partial charge in [0.1, 0.15) is 0 Å². The Morgan fingerprint density at radius 3 is 2.47 bits per heavy atom. The molecule has 1 aromatic rings. The molecular weight excluding hydrogens is 208 g/mol. The van der Waals surface area contributed by atoms with Crippen molar-refractivity contribution in [2.45, 2.75) is 38.1 Å². The summed E-state index contributed by atoms with van der Waals surface area (Å²) in [6.07, 6.45) is 6.72. The SMILES string of the molecule is c1ccc(CC2CCCN2N2CCCC2)cc1. The number of hydrogen-bond donors (Lipinski definition) is 0. The molecule has 2 heterocycles. The molecule has 1 atom stereocenters. The van der Waals surface area contributed by atoms with Crippen LogP contribution in [0.1, 0.15) is 31.2 Å². The Bertz CT molecular complexity index is 343. The zero-order valence-corrected chi connectivity index (χ0v) is 10.5. The lowest BCUT2D eigenvalue weighted by Crippen LogP contribution is -2.44. The molecule has 2 heteroatoms. The van der Waals surface area contributed by atoms with Crippen LogP contribution in [0.5, 0.6) is 0 Å². The van der Waals surface area contributed by atoms with Crippen LogP contribution in [0.2, 0.25) is 0 Å². The van der Waals surface area contributed by atoms with Crippen LogP contribution in [0.15, 0.2) is 30.3 Å². The van der Waals surface area contributed by atoms with E-state index in [9.17, 15) is 0 Å². The van der Waals surface area contributed by atoms with Crippen LogP contribution in [0.25, 0.3) is 0 Å². The highest BCUT2D eigenvalue weighted by Gasteiger charge is 2.30. The molecule has 0 amide bonds. The van der Waals surface area contributed by atoms with Gasteiger partial charge in [0.15, 0.2) is 0 Å². The molecule has 0 saturated carbocycles. The summed E-state index contributed by atoms with van der Waals surface area (Å²) < 4.78 is 0. The Morgan fingerprint density at radius 2 is 1.71 bits per heavy atom. The maximum atomic E-state index is 2.65. The highest BCUT2D eigenvalue weighted by molar-refractivity contribution is 5.16. The van der Waals surface area contributed by atoms with Crippen molar-refractivity contribution in [1.29, 1.82) is 0 Å². The lowest BCUT2D eigenvalue weighted by atomic mass is 10.0. The van der Waals surface area contributed by atoms with E-state index in [4.69, 9.17) is 0 Å². The van der Waals surface area contributed by atoms with Crippen molar-refractivity contribution in [2.75, 3.05) is 19.6 Å². The zero-order valence-electron chi connectivity index (χ0n) is 10.5. The first-order valence-electron chi connectivity index (χ1n) is 6.99. The van der Waals surface area contributed by atoms with Gasteiger partial charge in [0, 0.05) is 25.7 Å². The molecule has 1 unspecified atom stereocenters. The van der Waals surface area contributed by atoms with Crippen LogP contribution < -0.4 is 0 Å². The molecule has 2 nitrogen and oxygen atoms in total. The van der Waals surface area contributed by atoms with Gasteiger partial charge in [0.2, 0.25) is 0 Å². The summed E-state index contributed by atoms with van der Waals surface area (Å²) in [6, 6.07) is 11.7. The van der Waals surface area contributed by atoms with Gasteiger partial charge >= 0.3 is 0 Å². The average molecular weight is 230 g/mol. The Balaban J connectivity index is 1.65. The molecule has 2 fully saturated rings. The molecule has 0 aliphatic carbocycles. The van der Waals surface area contributed by atoms with Crippen LogP contribution in [0.4, 0.5) is 0 Å². The van der Waals surface area contributed by atoms with E-state index in [2.05, 4.69) is 40.3 Å². The fraction of sp³-hybridized carbons (Fsp3) is 0.600. The van der Waals surface area contributed by atoms with Gasteiger partial charge in [-0.3, -0.25) is 0 Å². The monoisotopic (exact) mass is 230 g/mol. The fourth-order valence-corrected chi connectivity index (χ4v) is 3.24. The van der Waals surface area contributed by atoms with Crippen molar-refractivity contribution in [3.8, 4) is 0 Å². The third-order valence-corrected chi connectivity index (χ3v) is 4.11. The second-order valence-corrected chi connectivity index (χ2v) is 5.31. The molecular formula is C15H22N2. The van der Waals surface area contributed by atoms with Gasteiger partial charge in [-0.15, -0.1) is 0 Å². The molecule has 2 aliphatic heterocycles. The minimum Gasteiger partial charge on any atom is -0.242 e. The Labute approximate surface area is 104 Å². The first-order chi connectivity index (χ1) is 8.43. The number of hydrazine groups is 1. The third kappa shape index (κ3) is 2.53. The summed E-state index contributed by atoms with van der Waals surface area (Å²) in [6.45, 7) is 3.84. The Hall–Kier alpha value is -0.860. The molecule has 1 aromatic carbocycles. The van der Waals surface area contributed by atoms with Crippen LogP contribution in [0, 0.1) is 0 Å². The van der Waals surface area contributed by atoms with Gasteiger partial charge in [-0.25, -0.2) is 10.0 Å². The second kappa shape index (κ2) is 5.19. The van der Waals surface area contributed by atoms with Crippen molar-refractivity contribution >= 4 is 0 Å². The van der Waals surface area contributed by atoms with Gasteiger partial charge in [0.05, 0.1) is 0 Å².